The maximum Gasteiger partial charge on any atom is 0.121 e. The van der Waals surface area contributed by atoms with Crippen LogP contribution in [0, 0.1) is 6.92 Å². The van der Waals surface area contributed by atoms with Crippen LogP contribution in [0.1, 0.15) is 37.0 Å². The van der Waals surface area contributed by atoms with E-state index in [1.54, 1.807) is 0 Å². The Hall–Kier alpha value is -2.16. The Labute approximate surface area is 125 Å². The van der Waals surface area contributed by atoms with Crippen molar-refractivity contribution in [3.63, 3.8) is 0 Å². The highest BCUT2D eigenvalue weighted by Gasteiger charge is 2.19. The van der Waals surface area contributed by atoms with Crippen LogP contribution in [-0.4, -0.2) is 15.4 Å². The molecule has 0 atom stereocenters. The number of aromatic amines is 1. The van der Waals surface area contributed by atoms with Gasteiger partial charge in [-0.15, -0.1) is 0 Å². The van der Waals surface area contributed by atoms with E-state index in [0.717, 1.165) is 30.3 Å². The molecule has 0 saturated carbocycles. The molecule has 0 aliphatic carbocycles. The molecular weight excluding hydrogens is 258 g/mol. The van der Waals surface area contributed by atoms with Crippen LogP contribution in [0.5, 0.6) is 0 Å². The van der Waals surface area contributed by atoms with Gasteiger partial charge >= 0.3 is 0 Å². The molecule has 1 N–H and O–H groups in total. The lowest BCUT2D eigenvalue weighted by atomic mass is 9.88. The van der Waals surface area contributed by atoms with Crippen LogP contribution in [0.2, 0.25) is 0 Å². The van der Waals surface area contributed by atoms with Crippen molar-refractivity contribution in [2.24, 2.45) is 0 Å². The first-order valence-electron chi connectivity index (χ1n) is 7.68. The molecule has 1 heterocycles. The number of rotatable bonds is 4. The van der Waals surface area contributed by atoms with Gasteiger partial charge in [-0.3, -0.25) is 0 Å². The second kappa shape index (κ2) is 5.68. The van der Waals surface area contributed by atoms with Crippen LogP contribution in [-0.2, 0) is 12.8 Å². The molecule has 1 aromatic heterocycles. The molecule has 0 aliphatic rings. The van der Waals surface area contributed by atoms with Crippen molar-refractivity contribution in [1.82, 2.24) is 15.4 Å². The average Bonchev–Trinajstić information content (AvgIpc) is 2.99. The monoisotopic (exact) mass is 279 g/mol. The summed E-state index contributed by atoms with van der Waals surface area (Å²) in [5, 5.41) is 11.7. The quantitative estimate of drug-likeness (QED) is 0.766. The average molecular weight is 279 g/mol. The zero-order valence-electron chi connectivity index (χ0n) is 12.9. The number of aromatic nitrogens is 3. The zero-order valence-corrected chi connectivity index (χ0v) is 12.9. The Kier molecular flexibility index (Phi) is 3.74. The van der Waals surface area contributed by atoms with Gasteiger partial charge in [-0.2, -0.15) is 15.4 Å². The summed E-state index contributed by atoms with van der Waals surface area (Å²) in [4.78, 5) is 0. The molecule has 0 amide bonds. The van der Waals surface area contributed by atoms with E-state index >= 15 is 0 Å². The van der Waals surface area contributed by atoms with Gasteiger partial charge in [-0.25, -0.2) is 0 Å². The van der Waals surface area contributed by atoms with Crippen molar-refractivity contribution in [2.75, 3.05) is 0 Å². The number of fused-ring (bicyclic) bond motifs is 1. The topological polar surface area (TPSA) is 41.6 Å². The van der Waals surface area contributed by atoms with Crippen molar-refractivity contribution in [2.45, 2.75) is 40.0 Å². The van der Waals surface area contributed by atoms with Gasteiger partial charge in [0.25, 0.3) is 0 Å². The van der Waals surface area contributed by atoms with E-state index in [-0.39, 0.29) is 0 Å². The van der Waals surface area contributed by atoms with Crippen molar-refractivity contribution in [1.29, 1.82) is 0 Å². The molecular formula is C18H21N3. The van der Waals surface area contributed by atoms with Crippen molar-refractivity contribution in [3.05, 3.63) is 47.0 Å². The van der Waals surface area contributed by atoms with E-state index in [1.165, 1.54) is 27.8 Å². The van der Waals surface area contributed by atoms with Crippen LogP contribution >= 0.6 is 0 Å². The lowest BCUT2D eigenvalue weighted by Crippen LogP contribution is -2.00. The molecule has 0 spiro atoms. The van der Waals surface area contributed by atoms with Gasteiger partial charge in [0.05, 0.1) is 0 Å². The predicted molar refractivity (Wildman–Crippen MR) is 87.4 cm³/mol. The first kappa shape index (κ1) is 13.8. The summed E-state index contributed by atoms with van der Waals surface area (Å²) >= 11 is 0. The molecule has 21 heavy (non-hydrogen) atoms. The van der Waals surface area contributed by atoms with Gasteiger partial charge in [0.15, 0.2) is 0 Å². The SMILES string of the molecule is CCCc1c(C)c(CC)c(-c2ccccc2)c2n[nH]nc12. The first-order valence-corrected chi connectivity index (χ1v) is 7.68. The Bertz CT molecular complexity index is 757. The molecule has 108 valence electrons. The molecule has 3 rings (SSSR count). The highest BCUT2D eigenvalue weighted by molar-refractivity contribution is 5.96. The normalized spacial score (nSPS) is 11.2. The van der Waals surface area contributed by atoms with Crippen molar-refractivity contribution >= 4 is 11.0 Å². The van der Waals surface area contributed by atoms with Gasteiger partial charge in [-0.05, 0) is 42.0 Å². The second-order valence-corrected chi connectivity index (χ2v) is 5.45. The number of hydrogen-bond donors (Lipinski definition) is 1. The molecule has 0 aliphatic heterocycles. The molecule has 3 heteroatoms. The van der Waals surface area contributed by atoms with Crippen LogP contribution in [0.4, 0.5) is 0 Å². The summed E-state index contributed by atoms with van der Waals surface area (Å²) in [6.07, 6.45) is 3.18. The maximum absolute atomic E-state index is 4.45. The number of H-pyrrole nitrogens is 1. The van der Waals surface area contributed by atoms with E-state index < -0.39 is 0 Å². The highest BCUT2D eigenvalue weighted by atomic mass is 15.3. The Morgan fingerprint density at radius 1 is 0.952 bits per heavy atom. The molecule has 0 fully saturated rings. The number of nitrogens with one attached hydrogen (secondary N) is 1. The molecule has 3 nitrogen and oxygen atoms in total. The lowest BCUT2D eigenvalue weighted by molar-refractivity contribution is 0.906. The molecule has 0 bridgehead atoms. The Morgan fingerprint density at radius 3 is 2.33 bits per heavy atom. The fraction of sp³-hybridized carbons (Fsp3) is 0.333. The minimum atomic E-state index is 1.01. The van der Waals surface area contributed by atoms with Gasteiger partial charge in [0.2, 0.25) is 0 Å². The zero-order chi connectivity index (χ0) is 14.8. The van der Waals surface area contributed by atoms with Crippen molar-refractivity contribution < 1.29 is 0 Å². The van der Waals surface area contributed by atoms with Crippen LogP contribution in [0.15, 0.2) is 30.3 Å². The maximum atomic E-state index is 4.45. The minimum Gasteiger partial charge on any atom is -0.197 e. The van der Waals surface area contributed by atoms with Crippen LogP contribution in [0.25, 0.3) is 22.2 Å². The molecule has 0 radical (unpaired) electrons. The van der Waals surface area contributed by atoms with Crippen molar-refractivity contribution in [3.8, 4) is 11.1 Å². The summed E-state index contributed by atoms with van der Waals surface area (Å²) < 4.78 is 0. The van der Waals surface area contributed by atoms with Gasteiger partial charge in [0.1, 0.15) is 11.0 Å². The van der Waals surface area contributed by atoms with E-state index in [1.807, 2.05) is 6.07 Å². The summed E-state index contributed by atoms with van der Waals surface area (Å²) in [7, 11) is 0. The number of hydrogen-bond acceptors (Lipinski definition) is 2. The predicted octanol–water partition coefficient (Wildman–Crippen LogP) is 4.45. The second-order valence-electron chi connectivity index (χ2n) is 5.45. The molecule has 3 aromatic rings. The molecule has 0 unspecified atom stereocenters. The fourth-order valence-corrected chi connectivity index (χ4v) is 3.22. The smallest absolute Gasteiger partial charge is 0.121 e. The van der Waals surface area contributed by atoms with Crippen LogP contribution in [0.3, 0.4) is 0 Å². The van der Waals surface area contributed by atoms with E-state index in [9.17, 15) is 0 Å². The van der Waals surface area contributed by atoms with E-state index in [2.05, 4.69) is 60.4 Å². The fourth-order valence-electron chi connectivity index (χ4n) is 3.22. The minimum absolute atomic E-state index is 1.01. The summed E-state index contributed by atoms with van der Waals surface area (Å²) in [6, 6.07) is 10.5. The van der Waals surface area contributed by atoms with E-state index in [4.69, 9.17) is 0 Å². The Morgan fingerprint density at radius 2 is 1.67 bits per heavy atom. The third-order valence-corrected chi connectivity index (χ3v) is 4.19. The lowest BCUT2D eigenvalue weighted by Gasteiger charge is -2.16. The van der Waals surface area contributed by atoms with Gasteiger partial charge in [-0.1, -0.05) is 50.6 Å². The van der Waals surface area contributed by atoms with Gasteiger partial charge < -0.3 is 0 Å². The molecule has 0 saturated heterocycles. The van der Waals surface area contributed by atoms with E-state index in [0.29, 0.717) is 0 Å². The number of aryl methyl sites for hydroxylation is 1. The highest BCUT2D eigenvalue weighted by Crippen LogP contribution is 2.36. The third-order valence-electron chi connectivity index (χ3n) is 4.19. The standard InChI is InChI=1S/C18H21N3/c1-4-9-15-12(3)14(5-2)16(13-10-7-6-8-11-13)18-17(15)19-21-20-18/h6-8,10-11H,4-5,9H2,1-3H3,(H,19,20,21). The van der Waals surface area contributed by atoms with Gasteiger partial charge in [0, 0.05) is 5.56 Å². The largest absolute Gasteiger partial charge is 0.197 e. The third kappa shape index (κ3) is 2.23. The summed E-state index contributed by atoms with van der Waals surface area (Å²) in [6.45, 7) is 6.66. The summed E-state index contributed by atoms with van der Waals surface area (Å²) in [5.41, 5.74) is 8.61. The number of nitrogens with zero attached hydrogens (tertiary/aromatic N) is 2. The van der Waals surface area contributed by atoms with Crippen LogP contribution < -0.4 is 0 Å². The number of benzene rings is 2. The first-order chi connectivity index (χ1) is 10.3. The molecule has 2 aromatic carbocycles. The Balaban J connectivity index is 2.39. The summed E-state index contributed by atoms with van der Waals surface area (Å²) in [5.74, 6) is 0.